The lowest BCUT2D eigenvalue weighted by Gasteiger charge is -2.33. The van der Waals surface area contributed by atoms with Gasteiger partial charge in [-0.25, -0.2) is 8.42 Å². The highest BCUT2D eigenvalue weighted by atomic mass is 32.2. The van der Waals surface area contributed by atoms with Gasteiger partial charge in [-0.1, -0.05) is 25.7 Å². The van der Waals surface area contributed by atoms with Crippen LogP contribution in [0.1, 0.15) is 45.4 Å². The minimum Gasteiger partial charge on any atom is -0.352 e. The Labute approximate surface area is 134 Å². The molecule has 0 radical (unpaired) electrons. The van der Waals surface area contributed by atoms with E-state index in [0.717, 1.165) is 12.8 Å². The fourth-order valence-electron chi connectivity index (χ4n) is 3.25. The third kappa shape index (κ3) is 5.21. The van der Waals surface area contributed by atoms with E-state index in [1.165, 1.54) is 30.0 Å². The number of piperazine rings is 1. The molecule has 0 spiro atoms. The second kappa shape index (κ2) is 8.26. The molecule has 0 aromatic heterocycles. The van der Waals surface area contributed by atoms with Crippen LogP contribution >= 0.6 is 0 Å². The Morgan fingerprint density at radius 1 is 1.05 bits per heavy atom. The van der Waals surface area contributed by atoms with Gasteiger partial charge in [-0.05, 0) is 19.8 Å². The van der Waals surface area contributed by atoms with Crippen molar-refractivity contribution in [2.45, 2.75) is 51.5 Å². The van der Waals surface area contributed by atoms with Crippen LogP contribution in [0, 0.1) is 0 Å². The van der Waals surface area contributed by atoms with Gasteiger partial charge < -0.3 is 5.32 Å². The van der Waals surface area contributed by atoms with Gasteiger partial charge in [0.2, 0.25) is 15.9 Å². The van der Waals surface area contributed by atoms with Crippen LogP contribution in [0.3, 0.4) is 0 Å². The fourth-order valence-corrected chi connectivity index (χ4v) is 4.33. The van der Waals surface area contributed by atoms with Gasteiger partial charge in [-0.3, -0.25) is 9.69 Å². The van der Waals surface area contributed by atoms with E-state index in [1.807, 2.05) is 4.90 Å². The quantitative estimate of drug-likeness (QED) is 0.756. The van der Waals surface area contributed by atoms with Crippen LogP contribution in [0.2, 0.25) is 0 Å². The molecule has 1 N–H and O–H groups in total. The van der Waals surface area contributed by atoms with Gasteiger partial charge in [-0.2, -0.15) is 4.31 Å². The fraction of sp³-hybridized carbons (Fsp3) is 0.933. The average molecular weight is 331 g/mol. The molecular weight excluding hydrogens is 302 g/mol. The molecular formula is C15H29N3O3S. The first kappa shape index (κ1) is 17.7. The van der Waals surface area contributed by atoms with Gasteiger partial charge in [0.25, 0.3) is 0 Å². The number of sulfonamides is 1. The lowest BCUT2D eigenvalue weighted by atomic mass is 10.1. The van der Waals surface area contributed by atoms with Crippen LogP contribution in [0.4, 0.5) is 0 Å². The normalized spacial score (nSPS) is 23.1. The summed E-state index contributed by atoms with van der Waals surface area (Å²) in [4.78, 5) is 14.2. The van der Waals surface area contributed by atoms with E-state index in [9.17, 15) is 13.2 Å². The van der Waals surface area contributed by atoms with Crippen molar-refractivity contribution in [3.05, 3.63) is 0 Å². The third-order valence-corrected chi connectivity index (χ3v) is 6.56. The highest BCUT2D eigenvalue weighted by molar-refractivity contribution is 7.89. The maximum Gasteiger partial charge on any atom is 0.234 e. The highest BCUT2D eigenvalue weighted by Crippen LogP contribution is 2.17. The topological polar surface area (TPSA) is 69.7 Å². The molecule has 2 fully saturated rings. The number of hydrogen-bond acceptors (Lipinski definition) is 4. The van der Waals surface area contributed by atoms with Gasteiger partial charge in [0.1, 0.15) is 0 Å². The minimum atomic E-state index is -3.09. The monoisotopic (exact) mass is 331 g/mol. The number of carbonyl (C=O) groups excluding carboxylic acids is 1. The zero-order chi connectivity index (χ0) is 16.0. The Kier molecular flexibility index (Phi) is 6.65. The van der Waals surface area contributed by atoms with E-state index >= 15 is 0 Å². The first-order valence-corrected chi connectivity index (χ1v) is 10.1. The zero-order valence-electron chi connectivity index (χ0n) is 13.6. The molecule has 128 valence electrons. The molecule has 1 aliphatic heterocycles. The second-order valence-electron chi connectivity index (χ2n) is 6.33. The molecule has 1 heterocycles. The Balaban J connectivity index is 1.72. The van der Waals surface area contributed by atoms with Crippen LogP contribution in [-0.4, -0.2) is 68.0 Å². The lowest BCUT2D eigenvalue weighted by Crippen LogP contribution is -2.52. The summed E-state index contributed by atoms with van der Waals surface area (Å²) < 4.78 is 25.1. The SMILES string of the molecule is CCS(=O)(=O)N1CCN(CC(=O)NC2CCCCCC2)CC1. The van der Waals surface area contributed by atoms with Crippen LogP contribution in [0.25, 0.3) is 0 Å². The molecule has 1 saturated carbocycles. The zero-order valence-corrected chi connectivity index (χ0v) is 14.4. The van der Waals surface area contributed by atoms with Crippen molar-refractivity contribution in [3.63, 3.8) is 0 Å². The average Bonchev–Trinajstić information content (AvgIpc) is 2.76. The van der Waals surface area contributed by atoms with Gasteiger partial charge in [0.15, 0.2) is 0 Å². The molecule has 0 atom stereocenters. The van der Waals surface area contributed by atoms with E-state index in [1.54, 1.807) is 6.92 Å². The van der Waals surface area contributed by atoms with Crippen molar-refractivity contribution < 1.29 is 13.2 Å². The van der Waals surface area contributed by atoms with Crippen molar-refractivity contribution in [2.75, 3.05) is 38.5 Å². The number of nitrogens with zero attached hydrogens (tertiary/aromatic N) is 2. The first-order chi connectivity index (χ1) is 10.5. The molecule has 0 aromatic carbocycles. The number of nitrogens with one attached hydrogen (secondary N) is 1. The summed E-state index contributed by atoms with van der Waals surface area (Å²) in [6.07, 6.45) is 7.15. The number of amides is 1. The van der Waals surface area contributed by atoms with Crippen LogP contribution < -0.4 is 5.32 Å². The highest BCUT2D eigenvalue weighted by Gasteiger charge is 2.26. The summed E-state index contributed by atoms with van der Waals surface area (Å²) in [5.41, 5.74) is 0. The molecule has 1 amide bonds. The van der Waals surface area contributed by atoms with E-state index < -0.39 is 10.0 Å². The van der Waals surface area contributed by atoms with Crippen LogP contribution in [0.15, 0.2) is 0 Å². The molecule has 0 bridgehead atoms. The Hall–Kier alpha value is -0.660. The number of hydrogen-bond donors (Lipinski definition) is 1. The van der Waals surface area contributed by atoms with Crippen molar-refractivity contribution in [1.82, 2.24) is 14.5 Å². The summed E-state index contributed by atoms with van der Waals surface area (Å²) in [5.74, 6) is 0.230. The van der Waals surface area contributed by atoms with E-state index in [-0.39, 0.29) is 11.7 Å². The Bertz CT molecular complexity index is 451. The summed E-state index contributed by atoms with van der Waals surface area (Å²) in [6.45, 7) is 4.31. The molecule has 1 saturated heterocycles. The van der Waals surface area contributed by atoms with E-state index in [4.69, 9.17) is 0 Å². The van der Waals surface area contributed by atoms with Gasteiger partial charge in [-0.15, -0.1) is 0 Å². The number of carbonyl (C=O) groups is 1. The summed E-state index contributed by atoms with van der Waals surface area (Å²) in [6, 6.07) is 0.330. The minimum absolute atomic E-state index is 0.0821. The maximum atomic E-state index is 12.1. The predicted octanol–water partition coefficient (Wildman–Crippen LogP) is 0.793. The summed E-state index contributed by atoms with van der Waals surface area (Å²) in [7, 11) is -3.09. The van der Waals surface area contributed by atoms with Crippen molar-refractivity contribution in [1.29, 1.82) is 0 Å². The Morgan fingerprint density at radius 2 is 1.64 bits per heavy atom. The second-order valence-corrected chi connectivity index (χ2v) is 8.59. The van der Waals surface area contributed by atoms with E-state index in [2.05, 4.69) is 5.32 Å². The lowest BCUT2D eigenvalue weighted by molar-refractivity contribution is -0.123. The standard InChI is InChI=1S/C15H29N3O3S/c1-2-22(20,21)18-11-9-17(10-12-18)13-15(19)16-14-7-5-3-4-6-8-14/h14H,2-13H2,1H3,(H,16,19). The van der Waals surface area contributed by atoms with Crippen LogP contribution in [-0.2, 0) is 14.8 Å². The third-order valence-electron chi connectivity index (χ3n) is 4.68. The molecule has 2 rings (SSSR count). The van der Waals surface area contributed by atoms with Gasteiger partial charge in [0.05, 0.1) is 12.3 Å². The predicted molar refractivity (Wildman–Crippen MR) is 87.1 cm³/mol. The van der Waals surface area contributed by atoms with Crippen molar-refractivity contribution in [3.8, 4) is 0 Å². The molecule has 6 nitrogen and oxygen atoms in total. The summed E-state index contributed by atoms with van der Waals surface area (Å²) in [5, 5.41) is 3.15. The largest absolute Gasteiger partial charge is 0.352 e. The molecule has 0 aromatic rings. The smallest absolute Gasteiger partial charge is 0.234 e. The van der Waals surface area contributed by atoms with Gasteiger partial charge >= 0.3 is 0 Å². The van der Waals surface area contributed by atoms with E-state index in [0.29, 0.717) is 38.8 Å². The molecule has 1 aliphatic carbocycles. The maximum absolute atomic E-state index is 12.1. The van der Waals surface area contributed by atoms with Gasteiger partial charge in [0, 0.05) is 32.2 Å². The summed E-state index contributed by atoms with van der Waals surface area (Å²) >= 11 is 0. The Morgan fingerprint density at radius 3 is 2.18 bits per heavy atom. The molecule has 7 heteroatoms. The van der Waals surface area contributed by atoms with Crippen molar-refractivity contribution >= 4 is 15.9 Å². The van der Waals surface area contributed by atoms with Crippen LogP contribution in [0.5, 0.6) is 0 Å². The first-order valence-electron chi connectivity index (χ1n) is 8.51. The number of rotatable bonds is 5. The van der Waals surface area contributed by atoms with Crippen molar-refractivity contribution in [2.24, 2.45) is 0 Å². The molecule has 2 aliphatic rings. The molecule has 22 heavy (non-hydrogen) atoms. The molecule has 0 unspecified atom stereocenters.